The van der Waals surface area contributed by atoms with E-state index in [9.17, 15) is 24.6 Å². The van der Waals surface area contributed by atoms with Gasteiger partial charge in [-0.25, -0.2) is 0 Å². The molecule has 44 heavy (non-hydrogen) atoms. The molecule has 0 unspecified atom stereocenters. The lowest BCUT2D eigenvalue weighted by molar-refractivity contribution is 0.0299. The van der Waals surface area contributed by atoms with Crippen molar-refractivity contribution in [1.82, 2.24) is 14.9 Å². The van der Waals surface area contributed by atoms with Crippen molar-refractivity contribution in [2.45, 2.75) is 12.3 Å². The second-order valence-electron chi connectivity index (χ2n) is 11.2. The summed E-state index contributed by atoms with van der Waals surface area (Å²) >= 11 is 6.41. The topological polar surface area (TPSA) is 139 Å². The fraction of sp³-hybridized carbons (Fsp3) is 0.242. The molecule has 4 heterocycles. The van der Waals surface area contributed by atoms with Crippen LogP contribution < -0.4 is 4.90 Å². The summed E-state index contributed by atoms with van der Waals surface area (Å²) in [5.41, 5.74) is 4.57. The number of aromatic hydroxyl groups is 2. The van der Waals surface area contributed by atoms with Gasteiger partial charge in [-0.15, -0.1) is 11.6 Å². The molecule has 2 aliphatic rings. The average Bonchev–Trinajstić information content (AvgIpc) is 3.76. The van der Waals surface area contributed by atoms with E-state index in [4.69, 9.17) is 16.3 Å². The van der Waals surface area contributed by atoms with Crippen molar-refractivity contribution in [1.29, 1.82) is 0 Å². The Labute approximate surface area is 256 Å². The number of ketones is 1. The standard InChI is InChI=1S/C33H29ClN4O6/c34-16-21-17-38(27-15-29(41)31-23(30(21)27)14-26(36-31)32(42)37-7-9-44-10-8-37)33(43)25-13-20-11-18(1-6-24(20)35-25)12-28(40)19-2-4-22(39)5-3-19/h1-6,11,13-15,21,35-36,39,41H,7-10,12,16-17H2/t21-/m1/s1. The van der Waals surface area contributed by atoms with Gasteiger partial charge >= 0.3 is 0 Å². The maximum absolute atomic E-state index is 13.9. The Bertz CT molecular complexity index is 1940. The van der Waals surface area contributed by atoms with Gasteiger partial charge in [0.2, 0.25) is 0 Å². The van der Waals surface area contributed by atoms with Gasteiger partial charge in [0.05, 0.1) is 24.4 Å². The smallest absolute Gasteiger partial charge is 0.274 e. The summed E-state index contributed by atoms with van der Waals surface area (Å²) in [6.45, 7) is 2.25. The van der Waals surface area contributed by atoms with Crippen molar-refractivity contribution >= 4 is 56.7 Å². The van der Waals surface area contributed by atoms with E-state index in [2.05, 4.69) is 9.97 Å². The molecule has 3 aromatic carbocycles. The highest BCUT2D eigenvalue weighted by atomic mass is 35.5. The lowest BCUT2D eigenvalue weighted by Crippen LogP contribution is -2.40. The third-order valence-electron chi connectivity index (χ3n) is 8.45. The summed E-state index contributed by atoms with van der Waals surface area (Å²) in [6, 6.07) is 16.8. The van der Waals surface area contributed by atoms with Crippen molar-refractivity contribution in [3.8, 4) is 11.5 Å². The van der Waals surface area contributed by atoms with Crippen LogP contribution in [0.4, 0.5) is 5.69 Å². The van der Waals surface area contributed by atoms with Crippen molar-refractivity contribution in [2.24, 2.45) is 0 Å². The number of halogens is 1. The van der Waals surface area contributed by atoms with E-state index in [1.807, 2.05) is 18.2 Å². The molecule has 2 aliphatic heterocycles. The quantitative estimate of drug-likeness (QED) is 0.158. The van der Waals surface area contributed by atoms with E-state index in [1.54, 1.807) is 40.1 Å². The van der Waals surface area contributed by atoms with Crippen LogP contribution in [0, 0.1) is 0 Å². The Balaban J connectivity index is 1.18. The normalized spacial score (nSPS) is 16.5. The van der Waals surface area contributed by atoms with E-state index in [0.717, 1.165) is 22.0 Å². The molecule has 0 radical (unpaired) electrons. The van der Waals surface area contributed by atoms with E-state index in [1.165, 1.54) is 12.1 Å². The first kappa shape index (κ1) is 28.0. The number of aromatic nitrogens is 2. The van der Waals surface area contributed by atoms with Crippen molar-refractivity contribution < 1.29 is 29.3 Å². The summed E-state index contributed by atoms with van der Waals surface area (Å²) < 4.78 is 5.36. The summed E-state index contributed by atoms with van der Waals surface area (Å²) in [5.74, 6) is -0.455. The number of fused-ring (bicyclic) bond motifs is 4. The number of Topliss-reactive ketones (excluding diaryl/α,β-unsaturated/α-hetero) is 1. The summed E-state index contributed by atoms with van der Waals surface area (Å²) in [7, 11) is 0. The van der Waals surface area contributed by atoms with Crippen LogP contribution >= 0.6 is 11.6 Å². The highest BCUT2D eigenvalue weighted by Gasteiger charge is 2.36. The van der Waals surface area contributed by atoms with Crippen LogP contribution in [0.1, 0.15) is 48.4 Å². The second-order valence-corrected chi connectivity index (χ2v) is 11.5. The van der Waals surface area contributed by atoms with Gasteiger partial charge in [-0.3, -0.25) is 14.4 Å². The number of carbonyl (C=O) groups excluding carboxylic acids is 3. The SMILES string of the molecule is O=C(Cc1ccc2[nH]c(C(=O)N3C[C@@H](CCl)c4c3cc(O)c3[nH]c(C(=O)N5CCOCC5)cc43)cc2c1)c1ccc(O)cc1. The third kappa shape index (κ3) is 4.86. The number of hydrogen-bond donors (Lipinski definition) is 4. The maximum atomic E-state index is 13.9. The molecular formula is C33H29ClN4O6. The number of nitrogens with zero attached hydrogens (tertiary/aromatic N) is 2. The molecule has 0 aliphatic carbocycles. The zero-order valence-corrected chi connectivity index (χ0v) is 24.4. The van der Waals surface area contributed by atoms with E-state index < -0.39 is 0 Å². The summed E-state index contributed by atoms with van der Waals surface area (Å²) in [6.07, 6.45) is 0.175. The Morgan fingerprint density at radius 1 is 0.909 bits per heavy atom. The number of ether oxygens (including phenoxy) is 1. The van der Waals surface area contributed by atoms with Crippen molar-refractivity contribution in [3.63, 3.8) is 0 Å². The van der Waals surface area contributed by atoms with E-state index >= 15 is 0 Å². The summed E-state index contributed by atoms with van der Waals surface area (Å²) in [4.78, 5) is 49.4. The van der Waals surface area contributed by atoms with Gasteiger partial charge in [0, 0.05) is 65.8 Å². The van der Waals surface area contributed by atoms with Gasteiger partial charge in [-0.1, -0.05) is 6.07 Å². The molecule has 0 spiro atoms. The molecule has 2 amide bonds. The first-order valence-electron chi connectivity index (χ1n) is 14.4. The number of H-pyrrole nitrogens is 2. The number of aromatic amines is 2. The van der Waals surface area contributed by atoms with Gasteiger partial charge < -0.3 is 34.7 Å². The predicted molar refractivity (Wildman–Crippen MR) is 166 cm³/mol. The van der Waals surface area contributed by atoms with Crippen LogP contribution in [0.3, 0.4) is 0 Å². The molecule has 0 bridgehead atoms. The van der Waals surface area contributed by atoms with Crippen LogP contribution in [0.15, 0.2) is 60.7 Å². The molecule has 2 aromatic heterocycles. The predicted octanol–water partition coefficient (Wildman–Crippen LogP) is 4.94. The Hall–Kier alpha value is -4.80. The number of phenolic OH excluding ortho intramolecular Hbond substituents is 2. The molecule has 7 rings (SSSR count). The second kappa shape index (κ2) is 11.0. The number of anilines is 1. The molecule has 5 aromatic rings. The molecule has 0 saturated carbocycles. The Kier molecular flexibility index (Phi) is 7.02. The number of hydrogen-bond acceptors (Lipinski definition) is 6. The number of alkyl halides is 1. The highest BCUT2D eigenvalue weighted by Crippen LogP contribution is 2.46. The number of benzene rings is 3. The monoisotopic (exact) mass is 612 g/mol. The van der Waals surface area contributed by atoms with Crippen molar-refractivity contribution in [3.05, 3.63) is 88.7 Å². The lowest BCUT2D eigenvalue weighted by atomic mass is 9.98. The lowest BCUT2D eigenvalue weighted by Gasteiger charge is -2.26. The molecular weight excluding hydrogens is 584 g/mol. The van der Waals surface area contributed by atoms with Gasteiger partial charge in [0.25, 0.3) is 11.8 Å². The van der Waals surface area contributed by atoms with Crippen LogP contribution in [0.5, 0.6) is 11.5 Å². The molecule has 4 N–H and O–H groups in total. The molecule has 224 valence electrons. The van der Waals surface area contributed by atoms with Crippen LogP contribution in [-0.4, -0.2) is 81.4 Å². The fourth-order valence-electron chi connectivity index (χ4n) is 6.21. The summed E-state index contributed by atoms with van der Waals surface area (Å²) in [5, 5.41) is 21.9. The number of rotatable bonds is 6. The zero-order valence-electron chi connectivity index (χ0n) is 23.6. The first-order valence-corrected chi connectivity index (χ1v) is 14.9. The zero-order chi connectivity index (χ0) is 30.5. The van der Waals surface area contributed by atoms with Crippen molar-refractivity contribution in [2.75, 3.05) is 43.6 Å². The third-order valence-corrected chi connectivity index (χ3v) is 8.82. The van der Waals surface area contributed by atoms with Crippen LogP contribution in [0.2, 0.25) is 0 Å². The minimum Gasteiger partial charge on any atom is -0.508 e. The first-order chi connectivity index (χ1) is 21.3. The molecule has 1 saturated heterocycles. The van der Waals surface area contributed by atoms with Gasteiger partial charge in [0.1, 0.15) is 22.9 Å². The van der Waals surface area contributed by atoms with Gasteiger partial charge in [0.15, 0.2) is 5.78 Å². The number of nitrogens with one attached hydrogen (secondary N) is 2. The van der Waals surface area contributed by atoms with Gasteiger partial charge in [-0.05, 0) is 59.7 Å². The van der Waals surface area contributed by atoms with Gasteiger partial charge in [-0.2, -0.15) is 0 Å². The fourth-order valence-corrected chi connectivity index (χ4v) is 6.46. The van der Waals surface area contributed by atoms with Crippen LogP contribution in [0.25, 0.3) is 21.8 Å². The average molecular weight is 613 g/mol. The largest absolute Gasteiger partial charge is 0.508 e. The number of amides is 2. The van der Waals surface area contributed by atoms with E-state index in [-0.39, 0.29) is 47.3 Å². The molecule has 11 heteroatoms. The molecule has 10 nitrogen and oxygen atoms in total. The Morgan fingerprint density at radius 3 is 2.41 bits per heavy atom. The molecule has 1 atom stereocenters. The minimum atomic E-state index is -0.282. The highest BCUT2D eigenvalue weighted by molar-refractivity contribution is 6.19. The van der Waals surface area contributed by atoms with Crippen LogP contribution in [-0.2, 0) is 11.2 Å². The van der Waals surface area contributed by atoms with E-state index in [0.29, 0.717) is 66.4 Å². The number of carbonyl (C=O) groups is 3. The maximum Gasteiger partial charge on any atom is 0.274 e. The number of phenols is 2. The Morgan fingerprint density at radius 2 is 1.66 bits per heavy atom. The molecule has 1 fully saturated rings. The number of morpholine rings is 1. The minimum absolute atomic E-state index is 0.0626.